The third-order valence-corrected chi connectivity index (χ3v) is 5.96. The van der Waals surface area contributed by atoms with Crippen LogP contribution >= 0.6 is 11.6 Å². The number of halogens is 4. The number of ether oxygens (including phenoxy) is 1. The maximum Gasteiger partial charge on any atom is 0.426 e. The first-order chi connectivity index (χ1) is 14.5. The molecule has 0 heterocycles. The molecule has 3 atom stereocenters. The fraction of sp³-hybridized carbons (Fsp3) is 0.333. The van der Waals surface area contributed by atoms with Crippen molar-refractivity contribution in [1.82, 2.24) is 0 Å². The van der Waals surface area contributed by atoms with Crippen molar-refractivity contribution in [2.75, 3.05) is 0 Å². The maximum absolute atomic E-state index is 12.7. The number of hydrogen-bond acceptors (Lipinski definition) is 3. The lowest BCUT2D eigenvalue weighted by Crippen LogP contribution is -2.15. The van der Waals surface area contributed by atoms with Crippen LogP contribution in [0.2, 0.25) is 0 Å². The number of alkyl halides is 3. The molecule has 7 heteroatoms. The molecule has 162 valence electrons. The smallest absolute Gasteiger partial charge is 0.426 e. The van der Waals surface area contributed by atoms with E-state index in [0.29, 0.717) is 12.0 Å². The van der Waals surface area contributed by atoms with Gasteiger partial charge in [-0.15, -0.1) is 0 Å². The summed E-state index contributed by atoms with van der Waals surface area (Å²) in [6.45, 7) is 3.34. The highest BCUT2D eigenvalue weighted by atomic mass is 35.5. The Morgan fingerprint density at radius 1 is 1.19 bits per heavy atom. The molecule has 0 spiro atoms. The Labute approximate surface area is 184 Å². The van der Waals surface area contributed by atoms with E-state index >= 15 is 0 Å². The van der Waals surface area contributed by atoms with E-state index in [9.17, 15) is 23.2 Å². The van der Waals surface area contributed by atoms with Gasteiger partial charge >= 0.3 is 12.1 Å². The summed E-state index contributed by atoms with van der Waals surface area (Å²) in [5.74, 6) is -2.22. The molecule has 1 aliphatic rings. The standard InChI is InChI=1S/C24H21ClF3NO2/c1-23(2)18(13-20(25)24(26,27)28)21(23)22(30)31-19(14-29)17-10-6-9-16(12-17)11-15-7-4-3-5-8-15/h3-10,12-13,18-19,21H,11H2,1-2H3. The van der Waals surface area contributed by atoms with Crippen LogP contribution in [0.15, 0.2) is 65.7 Å². The monoisotopic (exact) mass is 447 g/mol. The SMILES string of the molecule is CC1(C)C(C=C(Cl)C(F)(F)F)C1C(=O)OC(C#N)c1cccc(Cc2ccccc2)c1. The molecule has 0 aromatic heterocycles. The summed E-state index contributed by atoms with van der Waals surface area (Å²) in [5.41, 5.74) is 1.83. The Hall–Kier alpha value is -2.78. The van der Waals surface area contributed by atoms with Crippen molar-refractivity contribution >= 4 is 17.6 Å². The minimum Gasteiger partial charge on any atom is -0.442 e. The van der Waals surface area contributed by atoms with Crippen molar-refractivity contribution in [3.8, 4) is 6.07 Å². The summed E-state index contributed by atoms with van der Waals surface area (Å²) in [7, 11) is 0. The lowest BCUT2D eigenvalue weighted by Gasteiger charge is -2.13. The zero-order valence-electron chi connectivity index (χ0n) is 17.0. The highest BCUT2D eigenvalue weighted by molar-refractivity contribution is 6.30. The zero-order chi connectivity index (χ0) is 22.8. The summed E-state index contributed by atoms with van der Waals surface area (Å²) < 4.78 is 43.6. The van der Waals surface area contributed by atoms with Crippen LogP contribution in [0, 0.1) is 28.6 Å². The van der Waals surface area contributed by atoms with Gasteiger partial charge in [-0.05, 0) is 28.9 Å². The molecule has 2 aromatic carbocycles. The molecule has 0 aliphatic heterocycles. The second-order valence-electron chi connectivity index (χ2n) is 8.19. The number of esters is 1. The van der Waals surface area contributed by atoms with Gasteiger partial charge in [-0.1, -0.05) is 86.1 Å². The van der Waals surface area contributed by atoms with E-state index < -0.39 is 40.5 Å². The van der Waals surface area contributed by atoms with E-state index in [4.69, 9.17) is 16.3 Å². The molecule has 0 radical (unpaired) electrons. The number of hydrogen-bond donors (Lipinski definition) is 0. The highest BCUT2D eigenvalue weighted by Gasteiger charge is 2.62. The van der Waals surface area contributed by atoms with E-state index in [1.165, 1.54) is 0 Å². The van der Waals surface area contributed by atoms with Crippen molar-refractivity contribution in [3.05, 3.63) is 82.4 Å². The van der Waals surface area contributed by atoms with Gasteiger partial charge in [-0.3, -0.25) is 4.79 Å². The predicted octanol–water partition coefficient (Wildman–Crippen LogP) is 6.34. The number of nitrogens with zero attached hydrogens (tertiary/aromatic N) is 1. The highest BCUT2D eigenvalue weighted by Crippen LogP contribution is 2.60. The molecule has 0 bridgehead atoms. The number of nitriles is 1. The number of benzene rings is 2. The summed E-state index contributed by atoms with van der Waals surface area (Å²) in [4.78, 5) is 12.7. The lowest BCUT2D eigenvalue weighted by atomic mass is 10.0. The van der Waals surface area contributed by atoms with Crippen molar-refractivity contribution in [2.45, 2.75) is 32.5 Å². The Morgan fingerprint density at radius 3 is 2.45 bits per heavy atom. The van der Waals surface area contributed by atoms with E-state index in [2.05, 4.69) is 0 Å². The van der Waals surface area contributed by atoms with Crippen molar-refractivity contribution in [3.63, 3.8) is 0 Å². The van der Waals surface area contributed by atoms with Crippen LogP contribution in [0.1, 0.15) is 36.6 Å². The molecule has 1 aliphatic carbocycles. The van der Waals surface area contributed by atoms with Crippen molar-refractivity contribution < 1.29 is 22.7 Å². The number of carbonyl (C=O) groups is 1. The van der Waals surface area contributed by atoms with Gasteiger partial charge in [0, 0.05) is 5.56 Å². The lowest BCUT2D eigenvalue weighted by molar-refractivity contribution is -0.149. The van der Waals surface area contributed by atoms with E-state index in [1.807, 2.05) is 42.5 Å². The molecular formula is C24H21ClF3NO2. The van der Waals surface area contributed by atoms with Gasteiger partial charge in [-0.25, -0.2) is 0 Å². The summed E-state index contributed by atoms with van der Waals surface area (Å²) in [6, 6.07) is 18.9. The van der Waals surface area contributed by atoms with Crippen LogP contribution in [0.5, 0.6) is 0 Å². The molecular weight excluding hydrogens is 427 g/mol. The summed E-state index contributed by atoms with van der Waals surface area (Å²) in [6.07, 6.45) is -4.31. The van der Waals surface area contributed by atoms with Gasteiger partial charge in [0.25, 0.3) is 0 Å². The maximum atomic E-state index is 12.7. The minimum atomic E-state index is -4.66. The second-order valence-corrected chi connectivity index (χ2v) is 8.60. The summed E-state index contributed by atoms with van der Waals surface area (Å²) >= 11 is 5.33. The Bertz CT molecular complexity index is 1030. The number of allylic oxidation sites excluding steroid dienone is 2. The Kier molecular flexibility index (Phi) is 6.47. The fourth-order valence-corrected chi connectivity index (χ4v) is 3.88. The third kappa shape index (κ3) is 5.29. The van der Waals surface area contributed by atoms with Gasteiger partial charge in [-0.2, -0.15) is 18.4 Å². The molecule has 3 nitrogen and oxygen atoms in total. The second kappa shape index (κ2) is 8.76. The van der Waals surface area contributed by atoms with E-state index in [0.717, 1.165) is 17.2 Å². The van der Waals surface area contributed by atoms with Gasteiger partial charge < -0.3 is 4.74 Å². The topological polar surface area (TPSA) is 50.1 Å². The fourth-order valence-electron chi connectivity index (χ4n) is 3.75. The quantitative estimate of drug-likeness (QED) is 0.485. The molecule has 3 rings (SSSR count). The van der Waals surface area contributed by atoms with E-state index in [1.54, 1.807) is 32.0 Å². The molecule has 3 unspecified atom stereocenters. The van der Waals surface area contributed by atoms with Crippen molar-refractivity contribution in [1.29, 1.82) is 5.26 Å². The molecule has 2 aromatic rings. The predicted molar refractivity (Wildman–Crippen MR) is 111 cm³/mol. The Balaban J connectivity index is 1.72. The van der Waals surface area contributed by atoms with Crippen LogP contribution in [0.3, 0.4) is 0 Å². The van der Waals surface area contributed by atoms with Gasteiger partial charge in [0.1, 0.15) is 11.1 Å². The van der Waals surface area contributed by atoms with E-state index in [-0.39, 0.29) is 0 Å². The first-order valence-electron chi connectivity index (χ1n) is 9.71. The normalized spacial score (nSPS) is 21.1. The Morgan fingerprint density at radius 2 is 1.84 bits per heavy atom. The largest absolute Gasteiger partial charge is 0.442 e. The van der Waals surface area contributed by atoms with Crippen LogP contribution in [-0.2, 0) is 16.0 Å². The molecule has 0 N–H and O–H groups in total. The van der Waals surface area contributed by atoms with Crippen LogP contribution in [-0.4, -0.2) is 12.1 Å². The third-order valence-electron chi connectivity index (χ3n) is 5.62. The van der Waals surface area contributed by atoms with Gasteiger partial charge in [0.05, 0.1) is 5.92 Å². The van der Waals surface area contributed by atoms with Gasteiger partial charge in [0.2, 0.25) is 6.10 Å². The average molecular weight is 448 g/mol. The van der Waals surface area contributed by atoms with Gasteiger partial charge in [0.15, 0.2) is 0 Å². The average Bonchev–Trinajstić information content (AvgIpc) is 3.26. The summed E-state index contributed by atoms with van der Waals surface area (Å²) in [5, 5.41) is 8.29. The first-order valence-corrected chi connectivity index (χ1v) is 10.1. The molecule has 31 heavy (non-hydrogen) atoms. The molecule has 1 fully saturated rings. The zero-order valence-corrected chi connectivity index (χ0v) is 17.7. The first kappa shape index (κ1) is 22.9. The number of carbonyl (C=O) groups excluding carboxylic acids is 1. The molecule has 1 saturated carbocycles. The molecule has 0 saturated heterocycles. The van der Waals surface area contributed by atoms with Crippen LogP contribution in [0.4, 0.5) is 13.2 Å². The van der Waals surface area contributed by atoms with Crippen LogP contribution in [0.25, 0.3) is 0 Å². The molecule has 0 amide bonds. The number of rotatable bonds is 6. The van der Waals surface area contributed by atoms with Crippen molar-refractivity contribution in [2.24, 2.45) is 17.3 Å². The minimum absolute atomic E-state index is 0.517. The van der Waals surface area contributed by atoms with Crippen LogP contribution < -0.4 is 0 Å².